The van der Waals surface area contributed by atoms with Crippen molar-refractivity contribution in [1.29, 1.82) is 0 Å². The molecular formula is C16H19FN2. The summed E-state index contributed by atoms with van der Waals surface area (Å²) in [4.78, 5) is 2.02. The lowest BCUT2D eigenvalue weighted by Crippen LogP contribution is -2.16. The number of nitrogens with two attached hydrogens (primary N) is 1. The van der Waals surface area contributed by atoms with Crippen LogP contribution < -0.4 is 10.6 Å². The number of hydrogen-bond donors (Lipinski definition) is 1. The molecule has 0 bridgehead atoms. The van der Waals surface area contributed by atoms with Gasteiger partial charge in [0.25, 0.3) is 0 Å². The van der Waals surface area contributed by atoms with Crippen molar-refractivity contribution in [1.82, 2.24) is 0 Å². The van der Waals surface area contributed by atoms with Crippen LogP contribution in [0.5, 0.6) is 0 Å². The third kappa shape index (κ3) is 3.32. The van der Waals surface area contributed by atoms with Crippen LogP contribution in [0, 0.1) is 12.7 Å². The third-order valence-electron chi connectivity index (χ3n) is 3.24. The normalized spacial score (nSPS) is 10.5. The zero-order valence-electron chi connectivity index (χ0n) is 11.4. The highest BCUT2D eigenvalue weighted by atomic mass is 19.1. The molecule has 0 saturated carbocycles. The van der Waals surface area contributed by atoms with E-state index >= 15 is 0 Å². The molecule has 0 radical (unpaired) electrons. The van der Waals surface area contributed by atoms with Crippen LogP contribution in [0.3, 0.4) is 0 Å². The van der Waals surface area contributed by atoms with Crippen LogP contribution in [-0.2, 0) is 13.1 Å². The topological polar surface area (TPSA) is 29.3 Å². The molecule has 2 aromatic carbocycles. The quantitative estimate of drug-likeness (QED) is 0.912. The highest BCUT2D eigenvalue weighted by Gasteiger charge is 2.06. The van der Waals surface area contributed by atoms with Crippen molar-refractivity contribution in [2.24, 2.45) is 5.73 Å². The summed E-state index contributed by atoms with van der Waals surface area (Å²) in [6.45, 7) is 3.05. The van der Waals surface area contributed by atoms with Gasteiger partial charge in [0, 0.05) is 31.4 Å². The second-order valence-corrected chi connectivity index (χ2v) is 4.82. The fourth-order valence-corrected chi connectivity index (χ4v) is 2.00. The molecule has 0 fully saturated rings. The minimum atomic E-state index is -0.240. The lowest BCUT2D eigenvalue weighted by molar-refractivity contribution is 0.610. The Morgan fingerprint density at radius 2 is 1.79 bits per heavy atom. The van der Waals surface area contributed by atoms with E-state index in [0.717, 1.165) is 12.2 Å². The molecule has 2 rings (SSSR count). The molecule has 0 amide bonds. The summed E-state index contributed by atoms with van der Waals surface area (Å²) in [5, 5.41) is 0. The maximum absolute atomic E-state index is 13.7. The molecule has 0 aromatic heterocycles. The Labute approximate surface area is 113 Å². The maximum atomic E-state index is 13.7. The minimum Gasteiger partial charge on any atom is -0.370 e. The maximum Gasteiger partial charge on any atom is 0.129 e. The Hall–Kier alpha value is -1.87. The van der Waals surface area contributed by atoms with Crippen LogP contribution in [-0.4, -0.2) is 7.05 Å². The fraction of sp³-hybridized carbons (Fsp3) is 0.250. The highest BCUT2D eigenvalue weighted by Crippen LogP contribution is 2.19. The molecule has 0 aliphatic carbocycles. The zero-order chi connectivity index (χ0) is 13.8. The van der Waals surface area contributed by atoms with E-state index in [-0.39, 0.29) is 12.4 Å². The predicted octanol–water partition coefficient (Wildman–Crippen LogP) is 3.23. The number of hydrogen-bond acceptors (Lipinski definition) is 2. The van der Waals surface area contributed by atoms with Crippen LogP contribution in [0.4, 0.5) is 10.1 Å². The van der Waals surface area contributed by atoms with Crippen molar-refractivity contribution in [3.05, 3.63) is 65.0 Å². The zero-order valence-corrected chi connectivity index (χ0v) is 11.4. The summed E-state index contributed by atoms with van der Waals surface area (Å²) >= 11 is 0. The smallest absolute Gasteiger partial charge is 0.129 e. The fourth-order valence-electron chi connectivity index (χ4n) is 2.00. The van der Waals surface area contributed by atoms with E-state index in [1.807, 2.05) is 18.0 Å². The first-order valence-electron chi connectivity index (χ1n) is 6.35. The summed E-state index contributed by atoms with van der Waals surface area (Å²) in [6, 6.07) is 13.5. The van der Waals surface area contributed by atoms with Gasteiger partial charge in [0.2, 0.25) is 0 Å². The van der Waals surface area contributed by atoms with Crippen molar-refractivity contribution in [2.75, 3.05) is 11.9 Å². The van der Waals surface area contributed by atoms with Gasteiger partial charge in [0.1, 0.15) is 5.82 Å². The first kappa shape index (κ1) is 13.6. The lowest BCUT2D eigenvalue weighted by atomic mass is 10.1. The molecule has 2 N–H and O–H groups in total. The molecule has 2 aromatic rings. The number of aryl methyl sites for hydroxylation is 1. The Bertz CT molecular complexity index is 549. The standard InChI is InChI=1S/C16H19FN2/c1-12-3-5-13(6-4-12)11-19(2)15-8-7-14(10-18)16(17)9-15/h3-9H,10-11,18H2,1-2H3. The van der Waals surface area contributed by atoms with Crippen molar-refractivity contribution in [3.8, 4) is 0 Å². The van der Waals surface area contributed by atoms with Crippen LogP contribution in [0.1, 0.15) is 16.7 Å². The molecule has 0 spiro atoms. The number of nitrogens with zero attached hydrogens (tertiary/aromatic N) is 1. The summed E-state index contributed by atoms with van der Waals surface area (Å²) in [7, 11) is 1.96. The van der Waals surface area contributed by atoms with E-state index in [1.54, 1.807) is 6.07 Å². The van der Waals surface area contributed by atoms with Crippen molar-refractivity contribution in [2.45, 2.75) is 20.0 Å². The molecule has 0 aliphatic heterocycles. The molecule has 0 unspecified atom stereocenters. The van der Waals surface area contributed by atoms with E-state index in [4.69, 9.17) is 5.73 Å². The Balaban J connectivity index is 2.13. The first-order chi connectivity index (χ1) is 9.10. The van der Waals surface area contributed by atoms with E-state index in [0.29, 0.717) is 5.56 Å². The number of rotatable bonds is 4. The number of anilines is 1. The van der Waals surface area contributed by atoms with Crippen molar-refractivity contribution in [3.63, 3.8) is 0 Å². The van der Waals surface area contributed by atoms with Gasteiger partial charge in [0.15, 0.2) is 0 Å². The van der Waals surface area contributed by atoms with Crippen LogP contribution in [0.25, 0.3) is 0 Å². The van der Waals surface area contributed by atoms with Gasteiger partial charge in [0.05, 0.1) is 0 Å². The third-order valence-corrected chi connectivity index (χ3v) is 3.24. The van der Waals surface area contributed by atoms with Crippen LogP contribution in [0.2, 0.25) is 0 Å². The van der Waals surface area contributed by atoms with E-state index in [2.05, 4.69) is 31.2 Å². The molecule has 0 saturated heterocycles. The van der Waals surface area contributed by atoms with Crippen molar-refractivity contribution < 1.29 is 4.39 Å². The minimum absolute atomic E-state index is 0.230. The monoisotopic (exact) mass is 258 g/mol. The van der Waals surface area contributed by atoms with E-state index < -0.39 is 0 Å². The van der Waals surface area contributed by atoms with Gasteiger partial charge in [-0.15, -0.1) is 0 Å². The SMILES string of the molecule is Cc1ccc(CN(C)c2ccc(CN)c(F)c2)cc1. The summed E-state index contributed by atoms with van der Waals surface area (Å²) in [5.74, 6) is -0.240. The lowest BCUT2D eigenvalue weighted by Gasteiger charge is -2.20. The largest absolute Gasteiger partial charge is 0.370 e. The van der Waals surface area contributed by atoms with E-state index in [1.165, 1.54) is 17.2 Å². The first-order valence-corrected chi connectivity index (χ1v) is 6.35. The average Bonchev–Trinajstić information content (AvgIpc) is 2.41. The van der Waals surface area contributed by atoms with Gasteiger partial charge in [-0.25, -0.2) is 4.39 Å². The second kappa shape index (κ2) is 5.85. The van der Waals surface area contributed by atoms with E-state index in [9.17, 15) is 4.39 Å². The Kier molecular flexibility index (Phi) is 4.17. The number of halogens is 1. The average molecular weight is 258 g/mol. The summed E-state index contributed by atoms with van der Waals surface area (Å²) in [6.07, 6.45) is 0. The molecule has 100 valence electrons. The molecular weight excluding hydrogens is 239 g/mol. The van der Waals surface area contributed by atoms with Crippen molar-refractivity contribution >= 4 is 5.69 Å². The Morgan fingerprint density at radius 1 is 1.11 bits per heavy atom. The van der Waals surface area contributed by atoms with Crippen LogP contribution >= 0.6 is 0 Å². The summed E-state index contributed by atoms with van der Waals surface area (Å²) < 4.78 is 13.7. The molecule has 2 nitrogen and oxygen atoms in total. The van der Waals surface area contributed by atoms with Gasteiger partial charge in [-0.2, -0.15) is 0 Å². The molecule has 19 heavy (non-hydrogen) atoms. The molecule has 0 atom stereocenters. The second-order valence-electron chi connectivity index (χ2n) is 4.82. The summed E-state index contributed by atoms with van der Waals surface area (Å²) in [5.41, 5.74) is 9.31. The van der Waals surface area contributed by atoms with Gasteiger partial charge in [-0.1, -0.05) is 35.9 Å². The molecule has 0 heterocycles. The Morgan fingerprint density at radius 3 is 2.37 bits per heavy atom. The van der Waals surface area contributed by atoms with Crippen LogP contribution in [0.15, 0.2) is 42.5 Å². The number of benzene rings is 2. The highest BCUT2D eigenvalue weighted by molar-refractivity contribution is 5.48. The molecule has 3 heteroatoms. The molecule has 0 aliphatic rings. The van der Waals surface area contributed by atoms with Gasteiger partial charge >= 0.3 is 0 Å². The van der Waals surface area contributed by atoms with Gasteiger partial charge < -0.3 is 10.6 Å². The van der Waals surface area contributed by atoms with Gasteiger partial charge in [-0.3, -0.25) is 0 Å². The predicted molar refractivity (Wildman–Crippen MR) is 77.6 cm³/mol. The van der Waals surface area contributed by atoms with Gasteiger partial charge in [-0.05, 0) is 24.6 Å².